The van der Waals surface area contributed by atoms with Crippen LogP contribution in [0, 0.1) is 0 Å². The fourth-order valence-corrected chi connectivity index (χ4v) is 3.41. The fraction of sp³-hybridized carbons (Fsp3) is 0.158. The number of hydrogen-bond donors (Lipinski definition) is 1. The molecule has 0 saturated carbocycles. The Morgan fingerprint density at radius 1 is 1.19 bits per heavy atom. The zero-order valence-corrected chi connectivity index (χ0v) is 16.3. The summed E-state index contributed by atoms with van der Waals surface area (Å²) in [7, 11) is 0. The van der Waals surface area contributed by atoms with Crippen molar-refractivity contribution in [3.8, 4) is 5.69 Å². The van der Waals surface area contributed by atoms with E-state index in [1.54, 1.807) is 54.2 Å². The molecule has 0 unspecified atom stereocenters. The van der Waals surface area contributed by atoms with Crippen molar-refractivity contribution in [3.05, 3.63) is 65.4 Å². The number of thioether (sulfide) groups is 1. The maximum Gasteiger partial charge on any atom is 0.237 e. The lowest BCUT2D eigenvalue weighted by molar-refractivity contribution is -0.115. The summed E-state index contributed by atoms with van der Waals surface area (Å²) < 4.78 is 1.77. The average molecular weight is 401 g/mol. The minimum absolute atomic E-state index is 0.0526. The van der Waals surface area contributed by atoms with Crippen LogP contribution in [0.5, 0.6) is 0 Å². The summed E-state index contributed by atoms with van der Waals surface area (Å²) in [5.74, 6) is -0.246. The Morgan fingerprint density at radius 3 is 2.70 bits per heavy atom. The zero-order chi connectivity index (χ0) is 19.4. The molecule has 0 spiro atoms. The molecule has 1 atom stereocenters. The Bertz CT molecular complexity index is 989. The van der Waals surface area contributed by atoms with E-state index in [1.165, 1.54) is 18.7 Å². The van der Waals surface area contributed by atoms with Gasteiger partial charge in [-0.1, -0.05) is 41.6 Å². The fourth-order valence-electron chi connectivity index (χ4n) is 2.38. The van der Waals surface area contributed by atoms with Gasteiger partial charge in [-0.2, -0.15) is 0 Å². The second-order valence-electron chi connectivity index (χ2n) is 5.85. The van der Waals surface area contributed by atoms with Gasteiger partial charge in [-0.15, -0.1) is 10.2 Å². The molecule has 1 amide bonds. The van der Waals surface area contributed by atoms with E-state index in [2.05, 4.69) is 15.5 Å². The van der Waals surface area contributed by atoms with Gasteiger partial charge in [0.25, 0.3) is 0 Å². The Hall–Kier alpha value is -2.64. The lowest BCUT2D eigenvalue weighted by atomic mass is 10.1. The average Bonchev–Trinajstić information content (AvgIpc) is 3.10. The molecule has 0 aliphatic rings. The van der Waals surface area contributed by atoms with Crippen LogP contribution in [0.15, 0.2) is 60.0 Å². The second kappa shape index (κ2) is 8.37. The Labute approximate surface area is 165 Å². The summed E-state index contributed by atoms with van der Waals surface area (Å²) in [6.45, 7) is 3.27. The number of carbonyl (C=O) groups excluding carboxylic acids is 2. The smallest absolute Gasteiger partial charge is 0.237 e. The van der Waals surface area contributed by atoms with Crippen molar-refractivity contribution in [1.82, 2.24) is 14.8 Å². The highest BCUT2D eigenvalue weighted by atomic mass is 35.5. The summed E-state index contributed by atoms with van der Waals surface area (Å²) in [6.07, 6.45) is 1.58. The van der Waals surface area contributed by atoms with E-state index >= 15 is 0 Å². The Balaban J connectivity index is 1.72. The Morgan fingerprint density at radius 2 is 1.96 bits per heavy atom. The van der Waals surface area contributed by atoms with Crippen LogP contribution in [0.4, 0.5) is 5.69 Å². The molecule has 1 aromatic heterocycles. The van der Waals surface area contributed by atoms with Gasteiger partial charge < -0.3 is 5.32 Å². The zero-order valence-electron chi connectivity index (χ0n) is 14.7. The molecule has 0 aliphatic heterocycles. The van der Waals surface area contributed by atoms with Crippen LogP contribution in [-0.4, -0.2) is 31.7 Å². The van der Waals surface area contributed by atoms with Gasteiger partial charge in [0.1, 0.15) is 6.33 Å². The number of nitrogens with zero attached hydrogens (tertiary/aromatic N) is 3. The summed E-state index contributed by atoms with van der Waals surface area (Å²) in [5.41, 5.74) is 1.95. The molecular formula is C19H17ClN4O2S. The first-order valence-corrected chi connectivity index (χ1v) is 9.44. The molecule has 138 valence electrons. The van der Waals surface area contributed by atoms with Gasteiger partial charge in [-0.3, -0.25) is 14.2 Å². The number of aromatic nitrogens is 3. The number of nitrogens with one attached hydrogen (secondary N) is 1. The molecule has 6 nitrogen and oxygen atoms in total. The topological polar surface area (TPSA) is 76.9 Å². The van der Waals surface area contributed by atoms with Crippen LogP contribution in [0.2, 0.25) is 5.02 Å². The predicted octanol–water partition coefficient (Wildman–Crippen LogP) is 4.24. The summed E-state index contributed by atoms with van der Waals surface area (Å²) in [6, 6.07) is 14.2. The number of rotatable bonds is 6. The first kappa shape index (κ1) is 19.1. The van der Waals surface area contributed by atoms with E-state index in [0.717, 1.165) is 5.69 Å². The van der Waals surface area contributed by atoms with Crippen molar-refractivity contribution in [2.24, 2.45) is 0 Å². The molecule has 1 N–H and O–H groups in total. The largest absolute Gasteiger partial charge is 0.325 e. The maximum atomic E-state index is 12.5. The maximum absolute atomic E-state index is 12.5. The first-order chi connectivity index (χ1) is 12.9. The molecule has 0 saturated heterocycles. The predicted molar refractivity (Wildman–Crippen MR) is 107 cm³/mol. The Kier molecular flexibility index (Phi) is 5.93. The van der Waals surface area contributed by atoms with Crippen LogP contribution in [0.3, 0.4) is 0 Å². The van der Waals surface area contributed by atoms with Crippen LogP contribution in [0.1, 0.15) is 24.2 Å². The van der Waals surface area contributed by atoms with Gasteiger partial charge in [0.15, 0.2) is 10.9 Å². The van der Waals surface area contributed by atoms with Gasteiger partial charge >= 0.3 is 0 Å². The molecule has 3 aromatic rings. The molecule has 0 radical (unpaired) electrons. The summed E-state index contributed by atoms with van der Waals surface area (Å²) >= 11 is 7.33. The van der Waals surface area contributed by atoms with Gasteiger partial charge in [-0.05, 0) is 44.2 Å². The van der Waals surface area contributed by atoms with Gasteiger partial charge in [0, 0.05) is 16.3 Å². The molecule has 2 aromatic carbocycles. The number of ketones is 1. The van der Waals surface area contributed by atoms with Crippen molar-refractivity contribution >= 4 is 40.7 Å². The molecular weight excluding hydrogens is 384 g/mol. The minimum atomic E-state index is -0.423. The van der Waals surface area contributed by atoms with E-state index < -0.39 is 5.25 Å². The number of hydrogen-bond acceptors (Lipinski definition) is 5. The van der Waals surface area contributed by atoms with Crippen molar-refractivity contribution in [1.29, 1.82) is 0 Å². The number of amides is 1. The second-order valence-corrected chi connectivity index (χ2v) is 7.59. The molecule has 27 heavy (non-hydrogen) atoms. The van der Waals surface area contributed by atoms with E-state index in [4.69, 9.17) is 11.6 Å². The molecule has 0 fully saturated rings. The normalized spacial score (nSPS) is 11.8. The van der Waals surface area contributed by atoms with Gasteiger partial charge in [0.2, 0.25) is 5.91 Å². The lowest BCUT2D eigenvalue weighted by Crippen LogP contribution is -2.23. The number of Topliss-reactive ketones (excluding diaryl/α,β-unsaturated/α-hetero) is 1. The van der Waals surface area contributed by atoms with Crippen molar-refractivity contribution in [2.75, 3.05) is 5.32 Å². The van der Waals surface area contributed by atoms with E-state index in [0.29, 0.717) is 21.4 Å². The SMILES string of the molecule is CC(=O)c1cccc(NC(=O)[C@@H](C)Sc2nncn2-c2cccc(Cl)c2)c1. The molecule has 0 bridgehead atoms. The van der Waals surface area contributed by atoms with Crippen molar-refractivity contribution in [3.63, 3.8) is 0 Å². The van der Waals surface area contributed by atoms with Gasteiger partial charge in [-0.25, -0.2) is 0 Å². The van der Waals surface area contributed by atoms with E-state index in [1.807, 2.05) is 12.1 Å². The van der Waals surface area contributed by atoms with Crippen LogP contribution < -0.4 is 5.32 Å². The lowest BCUT2D eigenvalue weighted by Gasteiger charge is -2.13. The number of benzene rings is 2. The number of halogens is 1. The number of anilines is 1. The third-order valence-electron chi connectivity index (χ3n) is 3.79. The third-order valence-corrected chi connectivity index (χ3v) is 5.08. The molecule has 3 rings (SSSR count). The van der Waals surface area contributed by atoms with E-state index in [9.17, 15) is 9.59 Å². The molecule has 0 aliphatic carbocycles. The van der Waals surface area contributed by atoms with E-state index in [-0.39, 0.29) is 11.7 Å². The first-order valence-electron chi connectivity index (χ1n) is 8.18. The highest BCUT2D eigenvalue weighted by molar-refractivity contribution is 8.00. The van der Waals surface area contributed by atoms with Crippen LogP contribution >= 0.6 is 23.4 Å². The molecule has 8 heteroatoms. The molecule has 1 heterocycles. The van der Waals surface area contributed by atoms with Gasteiger partial charge in [0.05, 0.1) is 10.9 Å². The third kappa shape index (κ3) is 4.75. The standard InChI is InChI=1S/C19H17ClN4O2S/c1-12(25)14-5-3-7-16(9-14)22-18(26)13(2)27-19-23-21-11-24(19)17-8-4-6-15(20)10-17/h3-11,13H,1-2H3,(H,22,26)/t13-/m1/s1. The van der Waals surface area contributed by atoms with Crippen molar-refractivity contribution in [2.45, 2.75) is 24.3 Å². The van der Waals surface area contributed by atoms with Crippen LogP contribution in [-0.2, 0) is 4.79 Å². The minimum Gasteiger partial charge on any atom is -0.325 e. The number of carbonyl (C=O) groups is 2. The van der Waals surface area contributed by atoms with Crippen LogP contribution in [0.25, 0.3) is 5.69 Å². The highest BCUT2D eigenvalue weighted by Crippen LogP contribution is 2.26. The van der Waals surface area contributed by atoms with Crippen molar-refractivity contribution < 1.29 is 9.59 Å². The quantitative estimate of drug-likeness (QED) is 0.494. The highest BCUT2D eigenvalue weighted by Gasteiger charge is 2.19. The summed E-state index contributed by atoms with van der Waals surface area (Å²) in [5, 5.41) is 11.6. The summed E-state index contributed by atoms with van der Waals surface area (Å²) in [4.78, 5) is 24.0. The monoisotopic (exact) mass is 400 g/mol.